The zero-order valence-corrected chi connectivity index (χ0v) is 19.3. The van der Waals surface area contributed by atoms with E-state index in [2.05, 4.69) is 9.71 Å². The van der Waals surface area contributed by atoms with E-state index in [-0.39, 0.29) is 23.9 Å². The molecule has 4 rings (SSSR count). The highest BCUT2D eigenvalue weighted by atomic mass is 35.5. The lowest BCUT2D eigenvalue weighted by Crippen LogP contribution is -2.22. The van der Waals surface area contributed by atoms with Crippen molar-refractivity contribution in [2.45, 2.75) is 18.0 Å². The Morgan fingerprint density at radius 2 is 1.85 bits per heavy atom. The first-order chi connectivity index (χ1) is 16.4. The second-order valence-corrected chi connectivity index (χ2v) is 9.24. The van der Waals surface area contributed by atoms with E-state index < -0.39 is 16.0 Å². The van der Waals surface area contributed by atoms with E-state index in [1.165, 1.54) is 30.5 Å². The number of hydrogen-bond donors (Lipinski definition) is 1. The molecule has 0 atom stereocenters. The second kappa shape index (κ2) is 10.5. The summed E-state index contributed by atoms with van der Waals surface area (Å²) in [4.78, 5) is 16.2. The highest BCUT2D eigenvalue weighted by molar-refractivity contribution is 7.89. The van der Waals surface area contributed by atoms with E-state index in [1.54, 1.807) is 54.7 Å². The molecule has 2 aromatic heterocycles. The molecule has 0 aliphatic carbocycles. The molecule has 0 radical (unpaired) electrons. The molecule has 174 valence electrons. The van der Waals surface area contributed by atoms with E-state index >= 15 is 0 Å². The SMILES string of the molecule is O=C(/C=C/c1ccc(S(=O)(=O)NCc2ccco2)cc1)OCc1ncc(-c2ccc(Cl)cc2)o1. The fourth-order valence-electron chi connectivity index (χ4n) is 2.89. The van der Waals surface area contributed by atoms with Gasteiger partial charge in [-0.25, -0.2) is 22.9 Å². The van der Waals surface area contributed by atoms with Gasteiger partial charge in [-0.15, -0.1) is 0 Å². The largest absolute Gasteiger partial charge is 0.468 e. The van der Waals surface area contributed by atoms with Crippen LogP contribution in [-0.2, 0) is 32.7 Å². The van der Waals surface area contributed by atoms with Gasteiger partial charge in [-0.3, -0.25) is 0 Å². The molecule has 0 spiro atoms. The quantitative estimate of drug-likeness (QED) is 0.260. The van der Waals surface area contributed by atoms with E-state index in [1.807, 2.05) is 0 Å². The Bertz CT molecular complexity index is 1380. The number of aromatic nitrogens is 1. The number of halogens is 1. The Labute approximate surface area is 200 Å². The normalized spacial score (nSPS) is 11.7. The Morgan fingerprint density at radius 1 is 1.09 bits per heavy atom. The van der Waals surface area contributed by atoms with Crippen LogP contribution in [0.5, 0.6) is 0 Å². The molecule has 0 amide bonds. The number of carbonyl (C=O) groups excluding carboxylic acids is 1. The minimum absolute atomic E-state index is 0.0501. The highest BCUT2D eigenvalue weighted by Gasteiger charge is 2.14. The molecule has 8 nitrogen and oxygen atoms in total. The van der Waals surface area contributed by atoms with Crippen molar-refractivity contribution in [3.63, 3.8) is 0 Å². The second-order valence-electron chi connectivity index (χ2n) is 7.04. The van der Waals surface area contributed by atoms with Gasteiger partial charge in [-0.1, -0.05) is 23.7 Å². The van der Waals surface area contributed by atoms with E-state index in [0.29, 0.717) is 22.1 Å². The Hall–Kier alpha value is -3.66. The molecule has 0 aliphatic rings. The molecule has 2 heterocycles. The monoisotopic (exact) mass is 498 g/mol. The van der Waals surface area contributed by atoms with Crippen molar-refractivity contribution in [1.29, 1.82) is 0 Å². The molecular formula is C24H19ClN2O6S. The van der Waals surface area contributed by atoms with Gasteiger partial charge in [0.1, 0.15) is 5.76 Å². The van der Waals surface area contributed by atoms with Crippen LogP contribution in [0.2, 0.25) is 5.02 Å². The van der Waals surface area contributed by atoms with Gasteiger partial charge in [0.05, 0.1) is 23.9 Å². The number of ether oxygens (including phenoxy) is 1. The van der Waals surface area contributed by atoms with Crippen molar-refractivity contribution >= 4 is 33.7 Å². The van der Waals surface area contributed by atoms with Gasteiger partial charge in [0.2, 0.25) is 15.9 Å². The summed E-state index contributed by atoms with van der Waals surface area (Å²) in [6.45, 7) is -0.0795. The summed E-state index contributed by atoms with van der Waals surface area (Å²) >= 11 is 5.88. The predicted octanol–water partition coefficient (Wildman–Crippen LogP) is 4.82. The molecule has 0 bridgehead atoms. The van der Waals surface area contributed by atoms with E-state index in [4.69, 9.17) is 25.2 Å². The lowest BCUT2D eigenvalue weighted by atomic mass is 10.2. The highest BCUT2D eigenvalue weighted by Crippen LogP contribution is 2.22. The number of rotatable bonds is 9. The molecule has 0 aliphatic heterocycles. The predicted molar refractivity (Wildman–Crippen MR) is 125 cm³/mol. The lowest BCUT2D eigenvalue weighted by molar-refractivity contribution is -0.139. The van der Waals surface area contributed by atoms with Crippen LogP contribution < -0.4 is 4.72 Å². The number of nitrogens with zero attached hydrogens (tertiary/aromatic N) is 1. The number of hydrogen-bond acceptors (Lipinski definition) is 7. The van der Waals surface area contributed by atoms with Crippen molar-refractivity contribution in [3.05, 3.63) is 101 Å². The molecule has 1 N–H and O–H groups in total. The Kier molecular flexibility index (Phi) is 7.27. The van der Waals surface area contributed by atoms with Crippen LogP contribution in [0.4, 0.5) is 0 Å². The summed E-state index contributed by atoms with van der Waals surface area (Å²) in [5, 5.41) is 0.613. The first-order valence-electron chi connectivity index (χ1n) is 10.1. The number of nitrogens with one attached hydrogen (secondary N) is 1. The van der Waals surface area contributed by atoms with E-state index in [9.17, 15) is 13.2 Å². The van der Waals surface area contributed by atoms with Gasteiger partial charge in [0.25, 0.3) is 0 Å². The third-order valence-corrected chi connectivity index (χ3v) is 6.31. The topological polar surface area (TPSA) is 112 Å². The zero-order chi connectivity index (χ0) is 24.0. The number of esters is 1. The molecule has 2 aromatic carbocycles. The van der Waals surface area contributed by atoms with Crippen LogP contribution in [0.3, 0.4) is 0 Å². The van der Waals surface area contributed by atoms with Gasteiger partial charge < -0.3 is 13.6 Å². The average molecular weight is 499 g/mol. The molecule has 0 fully saturated rings. The number of carbonyl (C=O) groups is 1. The summed E-state index contributed by atoms with van der Waals surface area (Å²) in [6.07, 6.45) is 5.77. The number of sulfonamides is 1. The van der Waals surface area contributed by atoms with Crippen molar-refractivity contribution in [1.82, 2.24) is 9.71 Å². The molecule has 0 unspecified atom stereocenters. The fourth-order valence-corrected chi connectivity index (χ4v) is 4.01. The molecule has 34 heavy (non-hydrogen) atoms. The first kappa shape index (κ1) is 23.5. The van der Waals surface area contributed by atoms with Crippen molar-refractivity contribution in [2.24, 2.45) is 0 Å². The fraction of sp³-hybridized carbons (Fsp3) is 0.0833. The van der Waals surface area contributed by atoms with Gasteiger partial charge in [0.15, 0.2) is 12.4 Å². The van der Waals surface area contributed by atoms with Crippen molar-refractivity contribution in [2.75, 3.05) is 0 Å². The number of benzene rings is 2. The van der Waals surface area contributed by atoms with Gasteiger partial charge in [-0.2, -0.15) is 0 Å². The van der Waals surface area contributed by atoms with E-state index in [0.717, 1.165) is 5.56 Å². The maximum atomic E-state index is 12.4. The van der Waals surface area contributed by atoms with Crippen LogP contribution in [-0.4, -0.2) is 19.4 Å². The summed E-state index contributed by atoms with van der Waals surface area (Å²) in [7, 11) is -3.69. The standard InChI is InChI=1S/C24H19ClN2O6S/c25-19-8-6-18(7-9-19)22-15-26-23(33-22)16-32-24(28)12-5-17-3-10-21(11-4-17)34(29,30)27-14-20-2-1-13-31-20/h1-13,15,27H,14,16H2/b12-5+. The minimum Gasteiger partial charge on any atom is -0.468 e. The first-order valence-corrected chi connectivity index (χ1v) is 11.9. The van der Waals surface area contributed by atoms with Crippen LogP contribution in [0, 0.1) is 0 Å². The molecule has 0 saturated carbocycles. The summed E-state index contributed by atoms with van der Waals surface area (Å²) < 4.78 is 43.0. The smallest absolute Gasteiger partial charge is 0.331 e. The third-order valence-electron chi connectivity index (χ3n) is 4.64. The summed E-state index contributed by atoms with van der Waals surface area (Å²) in [5.74, 6) is 0.700. The van der Waals surface area contributed by atoms with Crippen LogP contribution in [0.15, 0.2) is 92.9 Å². The summed E-state index contributed by atoms with van der Waals surface area (Å²) in [5.41, 5.74) is 1.43. The number of oxazole rings is 1. The molecule has 0 saturated heterocycles. The van der Waals surface area contributed by atoms with Crippen LogP contribution in [0.1, 0.15) is 17.2 Å². The maximum Gasteiger partial charge on any atom is 0.331 e. The molecule has 10 heteroatoms. The lowest BCUT2D eigenvalue weighted by Gasteiger charge is -2.05. The molecular weight excluding hydrogens is 480 g/mol. The van der Waals surface area contributed by atoms with Gasteiger partial charge in [0, 0.05) is 16.7 Å². The minimum atomic E-state index is -3.69. The average Bonchev–Trinajstić information content (AvgIpc) is 3.53. The van der Waals surface area contributed by atoms with Crippen molar-refractivity contribution in [3.8, 4) is 11.3 Å². The van der Waals surface area contributed by atoms with Gasteiger partial charge >= 0.3 is 5.97 Å². The maximum absolute atomic E-state index is 12.4. The Balaban J connectivity index is 1.29. The number of furan rings is 1. The van der Waals surface area contributed by atoms with Crippen LogP contribution >= 0.6 is 11.6 Å². The molecule has 4 aromatic rings. The summed E-state index contributed by atoms with van der Waals surface area (Å²) in [6, 6.07) is 16.5. The van der Waals surface area contributed by atoms with Crippen LogP contribution in [0.25, 0.3) is 17.4 Å². The van der Waals surface area contributed by atoms with Gasteiger partial charge in [-0.05, 0) is 60.2 Å². The Morgan fingerprint density at radius 3 is 2.56 bits per heavy atom. The van der Waals surface area contributed by atoms with Crippen molar-refractivity contribution < 1.29 is 26.8 Å². The zero-order valence-electron chi connectivity index (χ0n) is 17.7. The third kappa shape index (κ3) is 6.22.